The normalized spacial score (nSPS) is 13.8. The van der Waals surface area contributed by atoms with Crippen molar-refractivity contribution in [1.82, 2.24) is 0 Å². The van der Waals surface area contributed by atoms with Gasteiger partial charge in [0.2, 0.25) is 0 Å². The number of benzene rings is 4. The maximum Gasteiger partial charge on any atom is 0.270 e. The van der Waals surface area contributed by atoms with Crippen LogP contribution in [0.15, 0.2) is 109 Å². The highest BCUT2D eigenvalue weighted by Crippen LogP contribution is 2.30. The first-order valence-corrected chi connectivity index (χ1v) is 12.3. The predicted molar refractivity (Wildman–Crippen MR) is 149 cm³/mol. The van der Waals surface area contributed by atoms with Crippen LogP contribution >= 0.6 is 23.8 Å². The summed E-state index contributed by atoms with van der Waals surface area (Å²) < 4.78 is 13.6. The summed E-state index contributed by atoms with van der Waals surface area (Å²) in [5, 5.41) is 0.526. The first-order chi connectivity index (χ1) is 17.9. The molecule has 0 N–H and O–H groups in total. The highest BCUT2D eigenvalue weighted by atomic mass is 35.5. The van der Waals surface area contributed by atoms with Gasteiger partial charge in [0, 0.05) is 5.02 Å². The SMILES string of the molecule is O=C1C(=Cc2ccc(Cc3cccc(F)c3)c(Cl)c2)C(=O)N(c2ccccc2)C(=S)N1c1ccccc1. The van der Waals surface area contributed by atoms with Gasteiger partial charge in [-0.3, -0.25) is 19.4 Å². The van der Waals surface area contributed by atoms with Gasteiger partial charge >= 0.3 is 0 Å². The number of amides is 2. The first-order valence-electron chi connectivity index (χ1n) is 11.5. The number of rotatable bonds is 5. The fourth-order valence-corrected chi connectivity index (χ4v) is 4.80. The van der Waals surface area contributed by atoms with E-state index in [1.54, 1.807) is 66.7 Å². The summed E-state index contributed by atoms with van der Waals surface area (Å²) in [5.41, 5.74) is 3.24. The minimum absolute atomic E-state index is 0.0461. The molecular weight excluding hydrogens is 507 g/mol. The third kappa shape index (κ3) is 5.07. The highest BCUT2D eigenvalue weighted by Gasteiger charge is 2.41. The number of hydrogen-bond donors (Lipinski definition) is 0. The second-order valence-electron chi connectivity index (χ2n) is 8.45. The molecule has 4 aromatic carbocycles. The number of para-hydroxylation sites is 2. The number of thiocarbonyl (C=S) groups is 1. The van der Waals surface area contributed by atoms with Crippen LogP contribution in [-0.2, 0) is 16.0 Å². The zero-order valence-electron chi connectivity index (χ0n) is 19.5. The van der Waals surface area contributed by atoms with Gasteiger partial charge in [-0.05, 0) is 83.9 Å². The molecule has 2 amide bonds. The summed E-state index contributed by atoms with van der Waals surface area (Å²) >= 11 is 12.2. The molecule has 0 aliphatic carbocycles. The molecule has 0 aromatic heterocycles. The number of hydrogen-bond acceptors (Lipinski definition) is 3. The van der Waals surface area contributed by atoms with Gasteiger partial charge in [-0.25, -0.2) is 4.39 Å². The lowest BCUT2D eigenvalue weighted by atomic mass is 10.0. The second-order valence-corrected chi connectivity index (χ2v) is 9.22. The predicted octanol–water partition coefficient (Wildman–Crippen LogP) is 6.82. The molecule has 4 nitrogen and oxygen atoms in total. The van der Waals surface area contributed by atoms with Gasteiger partial charge in [-0.1, -0.05) is 72.3 Å². The van der Waals surface area contributed by atoms with Crippen LogP contribution in [-0.4, -0.2) is 16.9 Å². The van der Waals surface area contributed by atoms with Crippen molar-refractivity contribution in [1.29, 1.82) is 0 Å². The molecule has 1 heterocycles. The minimum Gasteiger partial charge on any atom is -0.268 e. The monoisotopic (exact) mass is 526 g/mol. The average Bonchev–Trinajstić information content (AvgIpc) is 2.89. The zero-order chi connectivity index (χ0) is 25.9. The Bertz CT molecular complexity index is 1480. The summed E-state index contributed by atoms with van der Waals surface area (Å²) in [6.07, 6.45) is 1.97. The molecular formula is C30H20ClFN2O2S. The van der Waals surface area contributed by atoms with Gasteiger partial charge < -0.3 is 0 Å². The van der Waals surface area contributed by atoms with E-state index in [4.69, 9.17) is 23.8 Å². The van der Waals surface area contributed by atoms with Gasteiger partial charge in [-0.15, -0.1) is 0 Å². The largest absolute Gasteiger partial charge is 0.270 e. The molecule has 1 saturated heterocycles. The molecule has 0 unspecified atom stereocenters. The van der Waals surface area contributed by atoms with Crippen LogP contribution in [0.1, 0.15) is 16.7 Å². The fraction of sp³-hybridized carbons (Fsp3) is 0.0333. The third-order valence-electron chi connectivity index (χ3n) is 5.95. The average molecular weight is 527 g/mol. The van der Waals surface area contributed by atoms with Crippen molar-refractivity contribution in [2.75, 3.05) is 9.80 Å². The topological polar surface area (TPSA) is 40.6 Å². The van der Waals surface area contributed by atoms with Gasteiger partial charge in [0.05, 0.1) is 11.4 Å². The quantitative estimate of drug-likeness (QED) is 0.163. The summed E-state index contributed by atoms with van der Waals surface area (Å²) in [6, 6.07) is 29.5. The summed E-state index contributed by atoms with van der Waals surface area (Å²) in [7, 11) is 0. The van der Waals surface area contributed by atoms with Gasteiger partial charge in [-0.2, -0.15) is 0 Å². The Labute approximate surface area is 224 Å². The van der Waals surface area contributed by atoms with Crippen LogP contribution < -0.4 is 9.80 Å². The lowest BCUT2D eigenvalue weighted by molar-refractivity contribution is -0.120. The van der Waals surface area contributed by atoms with E-state index in [0.717, 1.165) is 11.1 Å². The van der Waals surface area contributed by atoms with E-state index in [1.807, 2.05) is 24.3 Å². The number of halogens is 2. The van der Waals surface area contributed by atoms with E-state index in [1.165, 1.54) is 28.0 Å². The lowest BCUT2D eigenvalue weighted by Gasteiger charge is -2.36. The van der Waals surface area contributed by atoms with E-state index in [0.29, 0.717) is 28.4 Å². The van der Waals surface area contributed by atoms with Gasteiger partial charge in [0.25, 0.3) is 11.8 Å². The first kappa shape index (κ1) is 24.6. The molecule has 0 saturated carbocycles. The molecule has 0 radical (unpaired) electrons. The Kier molecular flexibility index (Phi) is 6.95. The van der Waals surface area contributed by atoms with E-state index in [2.05, 4.69) is 0 Å². The number of carbonyl (C=O) groups excluding carboxylic acids is 2. The van der Waals surface area contributed by atoms with Gasteiger partial charge in [0.15, 0.2) is 5.11 Å². The molecule has 0 spiro atoms. The van der Waals surface area contributed by atoms with Crippen LogP contribution in [0.25, 0.3) is 6.08 Å². The van der Waals surface area contributed by atoms with E-state index in [9.17, 15) is 14.0 Å². The maximum atomic E-state index is 13.6. The molecule has 0 atom stereocenters. The van der Waals surface area contributed by atoms with Crippen LogP contribution in [0.2, 0.25) is 5.02 Å². The third-order valence-corrected chi connectivity index (χ3v) is 6.67. The molecule has 37 heavy (non-hydrogen) atoms. The molecule has 5 rings (SSSR count). The molecule has 1 fully saturated rings. The van der Waals surface area contributed by atoms with Crippen LogP contribution in [0.4, 0.5) is 15.8 Å². The Morgan fingerprint density at radius 1 is 0.757 bits per heavy atom. The Morgan fingerprint density at radius 2 is 1.35 bits per heavy atom. The van der Waals surface area contributed by atoms with Crippen molar-refractivity contribution in [3.05, 3.63) is 136 Å². The Balaban J connectivity index is 1.54. The van der Waals surface area contributed by atoms with E-state index in [-0.39, 0.29) is 16.5 Å². The van der Waals surface area contributed by atoms with E-state index >= 15 is 0 Å². The highest BCUT2D eigenvalue weighted by molar-refractivity contribution is 7.81. The van der Waals surface area contributed by atoms with Gasteiger partial charge in [0.1, 0.15) is 11.4 Å². The molecule has 182 valence electrons. The Morgan fingerprint density at radius 3 is 1.89 bits per heavy atom. The smallest absolute Gasteiger partial charge is 0.268 e. The van der Waals surface area contributed by atoms with Crippen molar-refractivity contribution in [2.24, 2.45) is 0 Å². The summed E-state index contributed by atoms with van der Waals surface area (Å²) in [6.45, 7) is 0. The van der Waals surface area contributed by atoms with E-state index < -0.39 is 11.8 Å². The second kappa shape index (κ2) is 10.5. The van der Waals surface area contributed by atoms with Crippen LogP contribution in [0.3, 0.4) is 0 Å². The molecule has 0 bridgehead atoms. The lowest BCUT2D eigenvalue weighted by Crippen LogP contribution is -2.56. The molecule has 7 heteroatoms. The zero-order valence-corrected chi connectivity index (χ0v) is 21.0. The number of carbonyl (C=O) groups is 2. The maximum absolute atomic E-state index is 13.6. The van der Waals surface area contributed by atoms with Crippen molar-refractivity contribution < 1.29 is 14.0 Å². The molecule has 1 aliphatic rings. The standard InChI is InChI=1S/C30H20ClFN2O2S/c31-27-19-21(14-15-22(27)16-20-8-7-9-23(32)17-20)18-26-28(35)33(24-10-3-1-4-11-24)30(37)34(29(26)36)25-12-5-2-6-13-25/h1-15,17-19H,16H2. The summed E-state index contributed by atoms with van der Waals surface area (Å²) in [5.74, 6) is -1.35. The minimum atomic E-state index is -0.520. The number of nitrogens with zero attached hydrogens (tertiary/aromatic N) is 2. The van der Waals surface area contributed by atoms with Crippen LogP contribution in [0.5, 0.6) is 0 Å². The summed E-state index contributed by atoms with van der Waals surface area (Å²) in [4.78, 5) is 29.9. The number of anilines is 2. The molecule has 4 aromatic rings. The van der Waals surface area contributed by atoms with Crippen molar-refractivity contribution in [3.63, 3.8) is 0 Å². The van der Waals surface area contributed by atoms with Crippen LogP contribution in [0, 0.1) is 5.82 Å². The molecule has 1 aliphatic heterocycles. The van der Waals surface area contributed by atoms with Crippen molar-refractivity contribution in [3.8, 4) is 0 Å². The fourth-order valence-electron chi connectivity index (χ4n) is 4.17. The van der Waals surface area contributed by atoms with Crippen molar-refractivity contribution >= 4 is 58.2 Å². The Hall–Kier alpha value is -4.13. The van der Waals surface area contributed by atoms with Crippen molar-refractivity contribution in [2.45, 2.75) is 6.42 Å².